The minimum absolute atomic E-state index is 0.0428. The minimum atomic E-state index is -3.63. The number of hydrogen-bond donors (Lipinski definition) is 3. The Morgan fingerprint density at radius 1 is 1.13 bits per heavy atom. The van der Waals surface area contributed by atoms with Crippen molar-refractivity contribution in [2.24, 2.45) is 0 Å². The number of H-pyrrole nitrogens is 1. The van der Waals surface area contributed by atoms with E-state index in [4.69, 9.17) is 9.47 Å². The number of aliphatic hydroxyl groups excluding tert-OH is 1. The Kier molecular flexibility index (Phi) is 4.74. The molecule has 0 unspecified atom stereocenters. The van der Waals surface area contributed by atoms with Gasteiger partial charge in [0.15, 0.2) is 0 Å². The monoisotopic (exact) mass is 443 g/mol. The summed E-state index contributed by atoms with van der Waals surface area (Å²) >= 11 is 0. The maximum absolute atomic E-state index is 13.2. The van der Waals surface area contributed by atoms with Crippen molar-refractivity contribution in [2.45, 2.75) is 16.4 Å². The molecule has 0 bridgehead atoms. The van der Waals surface area contributed by atoms with Crippen molar-refractivity contribution < 1.29 is 23.0 Å². The third-order valence-electron chi connectivity index (χ3n) is 6.42. The zero-order chi connectivity index (χ0) is 21.8. The maximum Gasteiger partial charge on any atom is 0.243 e. The Bertz CT molecular complexity index is 1250. The fraction of sp³-hybridized carbons (Fsp3) is 0.364. The number of ether oxygens (including phenoxy) is 2. The Labute approximate surface area is 180 Å². The molecule has 0 amide bonds. The zero-order valence-electron chi connectivity index (χ0n) is 17.4. The number of methoxy groups -OCH3 is 2. The molecule has 1 spiro atoms. The molecule has 1 atom stereocenters. The summed E-state index contributed by atoms with van der Waals surface area (Å²) in [7, 11) is -0.494. The van der Waals surface area contributed by atoms with Gasteiger partial charge in [0.05, 0.1) is 31.8 Å². The number of nitrogens with zero attached hydrogens (tertiary/aromatic N) is 1. The molecule has 1 saturated heterocycles. The van der Waals surface area contributed by atoms with Gasteiger partial charge in [0.2, 0.25) is 10.0 Å². The lowest BCUT2D eigenvalue weighted by Crippen LogP contribution is -2.66. The number of hydrogen-bond acceptors (Lipinski definition) is 6. The molecule has 8 nitrogen and oxygen atoms in total. The molecule has 31 heavy (non-hydrogen) atoms. The van der Waals surface area contributed by atoms with Crippen LogP contribution in [0, 0.1) is 0 Å². The van der Waals surface area contributed by atoms with Crippen LogP contribution in [-0.4, -0.2) is 63.3 Å². The van der Waals surface area contributed by atoms with Crippen LogP contribution in [0.4, 0.5) is 0 Å². The summed E-state index contributed by atoms with van der Waals surface area (Å²) in [5, 5.41) is 14.3. The highest BCUT2D eigenvalue weighted by Crippen LogP contribution is 2.47. The van der Waals surface area contributed by atoms with Crippen LogP contribution in [-0.2, 0) is 15.4 Å². The molecule has 5 rings (SSSR count). The molecule has 9 heteroatoms. The van der Waals surface area contributed by atoms with Crippen LogP contribution < -0.4 is 14.8 Å². The summed E-state index contributed by atoms with van der Waals surface area (Å²) in [4.78, 5) is 3.65. The maximum atomic E-state index is 13.2. The molecule has 0 saturated carbocycles. The zero-order valence-corrected chi connectivity index (χ0v) is 18.2. The second-order valence-corrected chi connectivity index (χ2v) is 10.1. The van der Waals surface area contributed by atoms with E-state index in [1.54, 1.807) is 31.4 Å². The lowest BCUT2D eigenvalue weighted by atomic mass is 9.71. The van der Waals surface area contributed by atoms with E-state index in [1.165, 1.54) is 11.4 Å². The van der Waals surface area contributed by atoms with Crippen molar-refractivity contribution in [3.05, 3.63) is 53.7 Å². The second-order valence-electron chi connectivity index (χ2n) is 8.17. The smallest absolute Gasteiger partial charge is 0.243 e. The van der Waals surface area contributed by atoms with Crippen molar-refractivity contribution in [1.29, 1.82) is 0 Å². The van der Waals surface area contributed by atoms with E-state index < -0.39 is 10.0 Å². The number of sulfonamides is 1. The van der Waals surface area contributed by atoms with Gasteiger partial charge in [0.25, 0.3) is 0 Å². The average Bonchev–Trinajstić information content (AvgIpc) is 3.16. The predicted octanol–water partition coefficient (Wildman–Crippen LogP) is 1.76. The van der Waals surface area contributed by atoms with Gasteiger partial charge in [-0.05, 0) is 29.8 Å². The first kappa shape index (κ1) is 20.3. The van der Waals surface area contributed by atoms with E-state index in [1.807, 2.05) is 18.2 Å². The molecule has 0 aliphatic carbocycles. The van der Waals surface area contributed by atoms with Crippen molar-refractivity contribution in [3.8, 4) is 11.5 Å². The Hall–Kier alpha value is -2.59. The molecule has 3 aromatic rings. The van der Waals surface area contributed by atoms with E-state index >= 15 is 0 Å². The summed E-state index contributed by atoms with van der Waals surface area (Å²) in [6.45, 7) is 1.28. The highest BCUT2D eigenvalue weighted by atomic mass is 32.2. The van der Waals surface area contributed by atoms with Crippen LogP contribution in [0.15, 0.2) is 47.4 Å². The molecule has 164 valence electrons. The predicted molar refractivity (Wildman–Crippen MR) is 116 cm³/mol. The number of aliphatic hydroxyl groups is 1. The number of rotatable bonds is 5. The summed E-state index contributed by atoms with van der Waals surface area (Å²) in [6, 6.07) is 12.2. The number of nitrogens with one attached hydrogen (secondary N) is 2. The molecule has 2 aromatic carbocycles. The highest BCUT2D eigenvalue weighted by molar-refractivity contribution is 7.89. The first-order valence-electron chi connectivity index (χ1n) is 10.1. The van der Waals surface area contributed by atoms with Crippen molar-refractivity contribution in [3.63, 3.8) is 0 Å². The number of fused-ring (bicyclic) bond motifs is 4. The normalized spacial score (nSPS) is 20.4. The third-order valence-corrected chi connectivity index (χ3v) is 8.21. The van der Waals surface area contributed by atoms with E-state index in [9.17, 15) is 13.5 Å². The lowest BCUT2D eigenvalue weighted by Gasteiger charge is -2.52. The lowest BCUT2D eigenvalue weighted by molar-refractivity contribution is 0.122. The number of aromatic nitrogens is 1. The largest absolute Gasteiger partial charge is 0.497 e. The fourth-order valence-electron chi connectivity index (χ4n) is 4.80. The Morgan fingerprint density at radius 2 is 1.87 bits per heavy atom. The quantitative estimate of drug-likeness (QED) is 0.555. The summed E-state index contributed by atoms with van der Waals surface area (Å²) in [6.07, 6.45) is 0. The van der Waals surface area contributed by atoms with Crippen LogP contribution in [0.2, 0.25) is 0 Å². The molecular formula is C22H25N3O5S. The molecule has 3 N–H and O–H groups in total. The summed E-state index contributed by atoms with van der Waals surface area (Å²) < 4.78 is 38.5. The molecule has 2 aliphatic heterocycles. The Morgan fingerprint density at radius 3 is 2.58 bits per heavy atom. The van der Waals surface area contributed by atoms with Gasteiger partial charge in [-0.25, -0.2) is 8.42 Å². The third kappa shape index (κ3) is 3.03. The van der Waals surface area contributed by atoms with Crippen molar-refractivity contribution in [2.75, 3.05) is 40.5 Å². The van der Waals surface area contributed by atoms with E-state index in [0.29, 0.717) is 25.4 Å². The van der Waals surface area contributed by atoms with Crippen LogP contribution >= 0.6 is 0 Å². The van der Waals surface area contributed by atoms with E-state index in [0.717, 1.165) is 27.9 Å². The molecule has 0 radical (unpaired) electrons. The highest BCUT2D eigenvalue weighted by Gasteiger charge is 2.53. The topological polar surface area (TPSA) is 104 Å². The standard InChI is InChI=1S/C22H25N3O5S/c1-29-14-4-3-5-16(8-14)31(27,28)25-12-22(13-25)11-23-19(10-26)21-20(22)17-7-6-15(30-2)9-18(17)24-21/h3-9,19,23-24,26H,10-13H2,1-2H3/t19-/m1/s1. The Balaban J connectivity index is 1.53. The van der Waals surface area contributed by atoms with Crippen molar-refractivity contribution >= 4 is 20.9 Å². The average molecular weight is 444 g/mol. The van der Waals surface area contributed by atoms with Gasteiger partial charge in [-0.1, -0.05) is 6.07 Å². The molecular weight excluding hydrogens is 418 g/mol. The fourth-order valence-corrected chi connectivity index (χ4v) is 6.45. The second kappa shape index (κ2) is 7.23. The number of aromatic amines is 1. The van der Waals surface area contributed by atoms with Crippen LogP contribution in [0.5, 0.6) is 11.5 Å². The van der Waals surface area contributed by atoms with E-state index in [-0.39, 0.29) is 23.0 Å². The first-order chi connectivity index (χ1) is 14.9. The van der Waals surface area contributed by atoms with Crippen molar-refractivity contribution in [1.82, 2.24) is 14.6 Å². The first-order valence-corrected chi connectivity index (χ1v) is 11.5. The van der Waals surface area contributed by atoms with Crippen LogP contribution in [0.3, 0.4) is 0 Å². The molecule has 2 aliphatic rings. The molecule has 1 aromatic heterocycles. The van der Waals surface area contributed by atoms with Gasteiger partial charge in [0, 0.05) is 53.8 Å². The van der Waals surface area contributed by atoms with E-state index in [2.05, 4.69) is 10.3 Å². The van der Waals surface area contributed by atoms with Gasteiger partial charge < -0.3 is 24.9 Å². The van der Waals surface area contributed by atoms with Gasteiger partial charge >= 0.3 is 0 Å². The number of benzene rings is 2. The SMILES string of the molecule is COc1cccc(S(=O)(=O)N2CC3(CN[C@H](CO)c4[nH]c5cc(OC)ccc5c43)C2)c1. The van der Waals surface area contributed by atoms with Gasteiger partial charge in [-0.2, -0.15) is 4.31 Å². The van der Waals surface area contributed by atoms with Gasteiger partial charge in [-0.15, -0.1) is 0 Å². The molecule has 3 heterocycles. The minimum Gasteiger partial charge on any atom is -0.497 e. The summed E-state index contributed by atoms with van der Waals surface area (Å²) in [5.41, 5.74) is 2.55. The van der Waals surface area contributed by atoms with Gasteiger partial charge in [-0.3, -0.25) is 0 Å². The summed E-state index contributed by atoms with van der Waals surface area (Å²) in [5.74, 6) is 1.25. The van der Waals surface area contributed by atoms with Gasteiger partial charge in [0.1, 0.15) is 11.5 Å². The van der Waals surface area contributed by atoms with Crippen LogP contribution in [0.1, 0.15) is 17.3 Å². The van der Waals surface area contributed by atoms with Crippen LogP contribution in [0.25, 0.3) is 10.9 Å². The molecule has 1 fully saturated rings.